The van der Waals surface area contributed by atoms with Gasteiger partial charge in [0.1, 0.15) is 0 Å². The van der Waals surface area contributed by atoms with E-state index in [-0.39, 0.29) is 10.6 Å². The fourth-order valence-electron chi connectivity index (χ4n) is 2.23. The summed E-state index contributed by atoms with van der Waals surface area (Å²) in [6.07, 6.45) is 3.69. The molecule has 0 saturated carbocycles. The van der Waals surface area contributed by atoms with E-state index in [0.717, 1.165) is 22.3 Å². The number of hydrogen-bond acceptors (Lipinski definition) is 4. The molecule has 2 heterocycles. The first-order valence-electron chi connectivity index (χ1n) is 6.55. The van der Waals surface area contributed by atoms with Crippen LogP contribution in [0.3, 0.4) is 0 Å². The van der Waals surface area contributed by atoms with Crippen LogP contribution in [0.5, 0.6) is 0 Å². The summed E-state index contributed by atoms with van der Waals surface area (Å²) in [4.78, 5) is 10.4. The van der Waals surface area contributed by atoms with E-state index < -0.39 is 0 Å². The van der Waals surface area contributed by atoms with Crippen LogP contribution in [-0.2, 0) is 6.54 Å². The molecule has 0 aliphatic carbocycles. The molecule has 3 rings (SSSR count). The Morgan fingerprint density at radius 2 is 2.19 bits per heavy atom. The second kappa shape index (κ2) is 5.24. The molecule has 0 amide bonds. The fourth-order valence-corrected chi connectivity index (χ4v) is 2.23. The Labute approximate surface area is 121 Å². The third kappa shape index (κ3) is 2.55. The van der Waals surface area contributed by atoms with E-state index in [1.54, 1.807) is 22.8 Å². The number of nitro groups is 1. The molecule has 0 aliphatic rings. The second-order valence-corrected chi connectivity index (χ2v) is 4.81. The Kier molecular flexibility index (Phi) is 3.27. The van der Waals surface area contributed by atoms with E-state index in [4.69, 9.17) is 0 Å². The highest BCUT2D eigenvalue weighted by Gasteiger charge is 2.09. The van der Waals surface area contributed by atoms with Gasteiger partial charge in [0, 0.05) is 36.1 Å². The molecule has 6 nitrogen and oxygen atoms in total. The molecule has 0 saturated heterocycles. The first-order valence-corrected chi connectivity index (χ1v) is 6.55. The van der Waals surface area contributed by atoms with Crippen molar-refractivity contribution >= 4 is 16.9 Å². The molecule has 106 valence electrons. The maximum absolute atomic E-state index is 10.8. The molecule has 3 aromatic rings. The number of rotatable bonds is 4. The van der Waals surface area contributed by atoms with E-state index in [2.05, 4.69) is 10.4 Å². The highest BCUT2D eigenvalue weighted by Crippen LogP contribution is 2.23. The summed E-state index contributed by atoms with van der Waals surface area (Å²) in [6.45, 7) is 2.48. The summed E-state index contributed by atoms with van der Waals surface area (Å²) in [5.41, 5.74) is 3.88. The summed E-state index contributed by atoms with van der Waals surface area (Å²) < 4.78 is 1.80. The van der Waals surface area contributed by atoms with Gasteiger partial charge in [-0.1, -0.05) is 12.1 Å². The number of anilines is 1. The predicted molar refractivity (Wildman–Crippen MR) is 80.4 cm³/mol. The van der Waals surface area contributed by atoms with E-state index in [1.807, 2.05) is 31.3 Å². The van der Waals surface area contributed by atoms with Crippen molar-refractivity contribution in [2.24, 2.45) is 0 Å². The number of non-ortho nitro benzene ring substituents is 1. The van der Waals surface area contributed by atoms with Crippen molar-refractivity contribution in [2.75, 3.05) is 5.32 Å². The minimum atomic E-state index is -0.389. The van der Waals surface area contributed by atoms with Crippen LogP contribution < -0.4 is 5.32 Å². The van der Waals surface area contributed by atoms with Crippen LogP contribution in [0.1, 0.15) is 11.1 Å². The second-order valence-electron chi connectivity index (χ2n) is 4.81. The Morgan fingerprint density at radius 1 is 1.33 bits per heavy atom. The first kappa shape index (κ1) is 13.1. The van der Waals surface area contributed by atoms with Crippen molar-refractivity contribution in [2.45, 2.75) is 13.5 Å². The average Bonchev–Trinajstić information content (AvgIpc) is 2.89. The van der Waals surface area contributed by atoms with Crippen LogP contribution in [0.15, 0.2) is 48.8 Å². The van der Waals surface area contributed by atoms with Crippen molar-refractivity contribution in [3.05, 3.63) is 70.0 Å². The van der Waals surface area contributed by atoms with Gasteiger partial charge in [0.2, 0.25) is 0 Å². The zero-order valence-corrected chi connectivity index (χ0v) is 11.5. The van der Waals surface area contributed by atoms with Gasteiger partial charge >= 0.3 is 0 Å². The number of pyridine rings is 1. The SMILES string of the molecule is Cc1ccc([N+](=O)[O-])cc1NCc1cnn2ccccc12. The van der Waals surface area contributed by atoms with Gasteiger partial charge in [-0.3, -0.25) is 10.1 Å². The number of nitrogens with zero attached hydrogens (tertiary/aromatic N) is 3. The van der Waals surface area contributed by atoms with Crippen molar-refractivity contribution in [3.63, 3.8) is 0 Å². The zero-order chi connectivity index (χ0) is 14.8. The quantitative estimate of drug-likeness (QED) is 0.589. The molecule has 1 N–H and O–H groups in total. The lowest BCUT2D eigenvalue weighted by Gasteiger charge is -2.08. The molecule has 21 heavy (non-hydrogen) atoms. The number of aryl methyl sites for hydroxylation is 1. The summed E-state index contributed by atoms with van der Waals surface area (Å²) >= 11 is 0. The number of nitrogens with one attached hydrogen (secondary N) is 1. The molecule has 0 atom stereocenters. The minimum absolute atomic E-state index is 0.0861. The third-order valence-corrected chi connectivity index (χ3v) is 3.41. The summed E-state index contributed by atoms with van der Waals surface area (Å²) in [7, 11) is 0. The predicted octanol–water partition coefficient (Wildman–Crippen LogP) is 3.16. The normalized spacial score (nSPS) is 10.7. The highest BCUT2D eigenvalue weighted by molar-refractivity contribution is 5.59. The monoisotopic (exact) mass is 282 g/mol. The van der Waals surface area contributed by atoms with Crippen LogP contribution in [0, 0.1) is 17.0 Å². The largest absolute Gasteiger partial charge is 0.380 e. The number of aromatic nitrogens is 2. The van der Waals surface area contributed by atoms with Gasteiger partial charge in [-0.2, -0.15) is 5.10 Å². The van der Waals surface area contributed by atoms with E-state index in [0.29, 0.717) is 6.54 Å². The van der Waals surface area contributed by atoms with Crippen LogP contribution in [-0.4, -0.2) is 14.5 Å². The number of hydrogen-bond donors (Lipinski definition) is 1. The maximum atomic E-state index is 10.8. The first-order chi connectivity index (χ1) is 10.1. The molecule has 1 aromatic carbocycles. The number of benzene rings is 1. The smallest absolute Gasteiger partial charge is 0.271 e. The lowest BCUT2D eigenvalue weighted by atomic mass is 10.1. The molecule has 2 aromatic heterocycles. The topological polar surface area (TPSA) is 72.5 Å². The van der Waals surface area contributed by atoms with Gasteiger partial charge in [0.25, 0.3) is 5.69 Å². The molecule has 0 fully saturated rings. The molecule has 0 bridgehead atoms. The average molecular weight is 282 g/mol. The van der Waals surface area contributed by atoms with E-state index >= 15 is 0 Å². The van der Waals surface area contributed by atoms with Crippen molar-refractivity contribution in [1.29, 1.82) is 0 Å². The molecular formula is C15H14N4O2. The molecular weight excluding hydrogens is 268 g/mol. The van der Waals surface area contributed by atoms with Crippen LogP contribution in [0.4, 0.5) is 11.4 Å². The van der Waals surface area contributed by atoms with Crippen LogP contribution in [0.2, 0.25) is 0 Å². The van der Waals surface area contributed by atoms with Crippen molar-refractivity contribution < 1.29 is 4.92 Å². The number of fused-ring (bicyclic) bond motifs is 1. The van der Waals surface area contributed by atoms with Gasteiger partial charge in [0.15, 0.2) is 0 Å². The van der Waals surface area contributed by atoms with Crippen molar-refractivity contribution in [3.8, 4) is 0 Å². The Bertz CT molecular complexity index is 810. The molecule has 6 heteroatoms. The lowest BCUT2D eigenvalue weighted by molar-refractivity contribution is -0.384. The molecule has 0 spiro atoms. The zero-order valence-electron chi connectivity index (χ0n) is 11.5. The third-order valence-electron chi connectivity index (χ3n) is 3.41. The molecule has 0 radical (unpaired) electrons. The lowest BCUT2D eigenvalue weighted by Crippen LogP contribution is -2.01. The summed E-state index contributed by atoms with van der Waals surface area (Å²) in [6, 6.07) is 10.7. The fraction of sp³-hybridized carbons (Fsp3) is 0.133. The van der Waals surface area contributed by atoms with Gasteiger partial charge < -0.3 is 5.32 Å². The van der Waals surface area contributed by atoms with Crippen LogP contribution >= 0.6 is 0 Å². The van der Waals surface area contributed by atoms with E-state index in [9.17, 15) is 10.1 Å². The Morgan fingerprint density at radius 3 is 3.00 bits per heavy atom. The van der Waals surface area contributed by atoms with E-state index in [1.165, 1.54) is 6.07 Å². The highest BCUT2D eigenvalue weighted by atomic mass is 16.6. The van der Waals surface area contributed by atoms with Crippen molar-refractivity contribution in [1.82, 2.24) is 9.61 Å². The Hall–Kier alpha value is -2.89. The molecule has 0 unspecified atom stereocenters. The van der Waals surface area contributed by atoms with Crippen LogP contribution in [0.25, 0.3) is 5.52 Å². The summed E-state index contributed by atoms with van der Waals surface area (Å²) in [5.74, 6) is 0. The number of nitro benzene ring substituents is 1. The van der Waals surface area contributed by atoms with Gasteiger partial charge in [-0.25, -0.2) is 4.52 Å². The summed E-state index contributed by atoms with van der Waals surface area (Å²) in [5, 5.41) is 18.3. The molecule has 0 aliphatic heterocycles. The van der Waals surface area contributed by atoms with Gasteiger partial charge in [-0.15, -0.1) is 0 Å². The van der Waals surface area contributed by atoms with Gasteiger partial charge in [0.05, 0.1) is 16.6 Å². The maximum Gasteiger partial charge on any atom is 0.271 e. The minimum Gasteiger partial charge on any atom is -0.380 e. The standard InChI is InChI=1S/C15H14N4O2/c1-11-5-6-13(19(20)21)8-14(11)16-9-12-10-17-18-7-3-2-4-15(12)18/h2-8,10,16H,9H2,1H3. The Balaban J connectivity index is 1.84. The van der Waals surface area contributed by atoms with Gasteiger partial charge in [-0.05, 0) is 24.6 Å².